The van der Waals surface area contributed by atoms with Crippen LogP contribution in [-0.2, 0) is 4.74 Å². The molecular formula is C13H28N2O. The molecule has 3 heteroatoms. The zero-order chi connectivity index (χ0) is 12.2. The van der Waals surface area contributed by atoms with E-state index >= 15 is 0 Å². The molecule has 1 heterocycles. The third-order valence-corrected chi connectivity index (χ3v) is 3.60. The average molecular weight is 228 g/mol. The Hall–Kier alpha value is -0.120. The predicted octanol–water partition coefficient (Wildman–Crippen LogP) is 1.73. The smallest absolute Gasteiger partial charge is 0.0617 e. The zero-order valence-electron chi connectivity index (χ0n) is 11.5. The molecule has 0 aliphatic carbocycles. The Morgan fingerprint density at radius 3 is 2.62 bits per heavy atom. The summed E-state index contributed by atoms with van der Waals surface area (Å²) in [6.07, 6.45) is 1.17. The first-order valence-electron chi connectivity index (χ1n) is 6.45. The first-order valence-corrected chi connectivity index (χ1v) is 6.45. The van der Waals surface area contributed by atoms with Gasteiger partial charge in [0.05, 0.1) is 6.61 Å². The first-order chi connectivity index (χ1) is 7.49. The van der Waals surface area contributed by atoms with Crippen molar-refractivity contribution in [2.24, 2.45) is 5.41 Å². The summed E-state index contributed by atoms with van der Waals surface area (Å²) in [4.78, 5) is 2.58. The fourth-order valence-electron chi connectivity index (χ4n) is 2.36. The fraction of sp³-hybridized carbons (Fsp3) is 1.00. The van der Waals surface area contributed by atoms with Crippen LogP contribution in [0.1, 0.15) is 34.1 Å². The highest BCUT2D eigenvalue weighted by atomic mass is 16.5. The molecule has 2 unspecified atom stereocenters. The Morgan fingerprint density at radius 2 is 2.12 bits per heavy atom. The molecule has 1 aliphatic heterocycles. The van der Waals surface area contributed by atoms with Gasteiger partial charge in [0.1, 0.15) is 0 Å². The van der Waals surface area contributed by atoms with Gasteiger partial charge in [0.2, 0.25) is 0 Å². The van der Waals surface area contributed by atoms with Crippen molar-refractivity contribution in [3.05, 3.63) is 0 Å². The van der Waals surface area contributed by atoms with Crippen molar-refractivity contribution in [1.29, 1.82) is 0 Å². The molecule has 3 nitrogen and oxygen atoms in total. The van der Waals surface area contributed by atoms with Crippen LogP contribution in [0.25, 0.3) is 0 Å². The summed E-state index contributed by atoms with van der Waals surface area (Å²) in [6, 6.07) is 1.17. The molecule has 0 aromatic rings. The maximum absolute atomic E-state index is 5.31. The lowest BCUT2D eigenvalue weighted by Crippen LogP contribution is -2.58. The molecule has 0 bridgehead atoms. The van der Waals surface area contributed by atoms with Crippen molar-refractivity contribution >= 4 is 0 Å². The van der Waals surface area contributed by atoms with Gasteiger partial charge in [0.15, 0.2) is 0 Å². The maximum atomic E-state index is 5.31. The van der Waals surface area contributed by atoms with E-state index in [-0.39, 0.29) is 0 Å². The predicted molar refractivity (Wildman–Crippen MR) is 68.8 cm³/mol. The van der Waals surface area contributed by atoms with Crippen LogP contribution < -0.4 is 5.32 Å². The number of nitrogens with one attached hydrogen (secondary N) is 1. The van der Waals surface area contributed by atoms with E-state index in [4.69, 9.17) is 4.74 Å². The zero-order valence-corrected chi connectivity index (χ0v) is 11.5. The van der Waals surface area contributed by atoms with Crippen LogP contribution in [0.15, 0.2) is 0 Å². The Kier molecular flexibility index (Phi) is 5.22. The lowest BCUT2D eigenvalue weighted by atomic mass is 9.85. The second-order valence-electron chi connectivity index (χ2n) is 5.89. The molecule has 0 aromatic heterocycles. The van der Waals surface area contributed by atoms with Crippen molar-refractivity contribution in [3.63, 3.8) is 0 Å². The van der Waals surface area contributed by atoms with E-state index in [9.17, 15) is 0 Å². The normalized spacial score (nSPS) is 25.7. The van der Waals surface area contributed by atoms with Crippen LogP contribution in [0, 0.1) is 5.41 Å². The number of rotatable bonds is 4. The number of ether oxygens (including phenoxy) is 1. The second kappa shape index (κ2) is 5.99. The standard InChI is InChI=1S/C13H28N2O/c1-6-11(10-16-5)15-8-7-14-12(9-15)13(2,3)4/h11-12,14H,6-10H2,1-5H3. The van der Waals surface area contributed by atoms with Crippen molar-refractivity contribution < 1.29 is 4.74 Å². The van der Waals surface area contributed by atoms with Gasteiger partial charge < -0.3 is 10.1 Å². The minimum atomic E-state index is 0.337. The van der Waals surface area contributed by atoms with E-state index < -0.39 is 0 Å². The largest absolute Gasteiger partial charge is 0.383 e. The lowest BCUT2D eigenvalue weighted by molar-refractivity contribution is 0.0487. The van der Waals surface area contributed by atoms with Crippen molar-refractivity contribution in [2.75, 3.05) is 33.4 Å². The Balaban J connectivity index is 2.55. The summed E-state index contributed by atoms with van der Waals surface area (Å²) in [6.45, 7) is 13.4. The first kappa shape index (κ1) is 13.9. The third kappa shape index (κ3) is 3.72. The molecule has 2 atom stereocenters. The van der Waals surface area contributed by atoms with Crippen molar-refractivity contribution in [1.82, 2.24) is 10.2 Å². The Labute approximate surface area is 101 Å². The molecule has 0 radical (unpaired) electrons. The van der Waals surface area contributed by atoms with Crippen LogP contribution >= 0.6 is 0 Å². The quantitative estimate of drug-likeness (QED) is 0.793. The molecule has 1 aliphatic rings. The topological polar surface area (TPSA) is 24.5 Å². The highest BCUT2D eigenvalue weighted by molar-refractivity contribution is 4.89. The molecule has 0 spiro atoms. The van der Waals surface area contributed by atoms with E-state index in [0.717, 1.165) is 26.2 Å². The summed E-state index contributed by atoms with van der Waals surface area (Å²) in [7, 11) is 1.80. The SMILES string of the molecule is CCC(COC)N1CCNC(C(C)(C)C)C1. The summed E-state index contributed by atoms with van der Waals surface area (Å²) in [5.41, 5.74) is 0.337. The summed E-state index contributed by atoms with van der Waals surface area (Å²) < 4.78 is 5.31. The second-order valence-corrected chi connectivity index (χ2v) is 5.89. The van der Waals surface area contributed by atoms with Crippen LogP contribution in [-0.4, -0.2) is 50.3 Å². The average Bonchev–Trinajstić information content (AvgIpc) is 2.25. The van der Waals surface area contributed by atoms with Gasteiger partial charge in [0, 0.05) is 38.8 Å². The lowest BCUT2D eigenvalue weighted by Gasteiger charge is -2.43. The minimum absolute atomic E-state index is 0.337. The number of piperazine rings is 1. The maximum Gasteiger partial charge on any atom is 0.0617 e. The van der Waals surface area contributed by atoms with E-state index in [1.54, 1.807) is 7.11 Å². The molecule has 1 rings (SSSR count). The highest BCUT2D eigenvalue weighted by Gasteiger charge is 2.31. The van der Waals surface area contributed by atoms with Crippen LogP contribution in [0.2, 0.25) is 0 Å². The van der Waals surface area contributed by atoms with Crippen LogP contribution in [0.3, 0.4) is 0 Å². The molecule has 0 aromatic carbocycles. The molecule has 1 saturated heterocycles. The number of hydrogen-bond acceptors (Lipinski definition) is 3. The van der Waals surface area contributed by atoms with Crippen molar-refractivity contribution in [3.8, 4) is 0 Å². The molecule has 0 amide bonds. The number of hydrogen-bond donors (Lipinski definition) is 1. The number of nitrogens with zero attached hydrogens (tertiary/aromatic N) is 1. The Bertz CT molecular complexity index is 201. The molecule has 16 heavy (non-hydrogen) atoms. The van der Waals surface area contributed by atoms with Gasteiger partial charge in [-0.1, -0.05) is 27.7 Å². The van der Waals surface area contributed by atoms with Crippen LogP contribution in [0.4, 0.5) is 0 Å². The third-order valence-electron chi connectivity index (χ3n) is 3.60. The molecule has 96 valence electrons. The monoisotopic (exact) mass is 228 g/mol. The van der Waals surface area contributed by atoms with E-state index in [0.29, 0.717) is 17.5 Å². The summed E-state index contributed by atoms with van der Waals surface area (Å²) in [5, 5.41) is 3.63. The number of methoxy groups -OCH3 is 1. The van der Waals surface area contributed by atoms with Crippen molar-refractivity contribution in [2.45, 2.75) is 46.2 Å². The van der Waals surface area contributed by atoms with Gasteiger partial charge >= 0.3 is 0 Å². The van der Waals surface area contributed by atoms with Gasteiger partial charge in [-0.3, -0.25) is 4.90 Å². The van der Waals surface area contributed by atoms with Crippen LogP contribution in [0.5, 0.6) is 0 Å². The highest BCUT2D eigenvalue weighted by Crippen LogP contribution is 2.23. The van der Waals surface area contributed by atoms with E-state index in [2.05, 4.69) is 37.9 Å². The minimum Gasteiger partial charge on any atom is -0.383 e. The fourth-order valence-corrected chi connectivity index (χ4v) is 2.36. The van der Waals surface area contributed by atoms with E-state index in [1.165, 1.54) is 6.42 Å². The van der Waals surface area contributed by atoms with Gasteiger partial charge in [-0.15, -0.1) is 0 Å². The molecular weight excluding hydrogens is 200 g/mol. The van der Waals surface area contributed by atoms with Gasteiger partial charge in [-0.05, 0) is 11.8 Å². The summed E-state index contributed by atoms with van der Waals surface area (Å²) in [5.74, 6) is 0. The molecule has 1 N–H and O–H groups in total. The molecule has 1 fully saturated rings. The van der Waals surface area contributed by atoms with Gasteiger partial charge in [-0.2, -0.15) is 0 Å². The van der Waals surface area contributed by atoms with E-state index in [1.807, 2.05) is 0 Å². The van der Waals surface area contributed by atoms with Gasteiger partial charge in [0.25, 0.3) is 0 Å². The Morgan fingerprint density at radius 1 is 1.44 bits per heavy atom. The molecule has 0 saturated carbocycles. The summed E-state index contributed by atoms with van der Waals surface area (Å²) >= 11 is 0. The van der Waals surface area contributed by atoms with Gasteiger partial charge in [-0.25, -0.2) is 0 Å².